The van der Waals surface area contributed by atoms with Crippen molar-refractivity contribution in [3.05, 3.63) is 37.7 Å². The van der Waals surface area contributed by atoms with Crippen molar-refractivity contribution in [2.45, 2.75) is 39.5 Å². The highest BCUT2D eigenvalue weighted by Crippen LogP contribution is 2.30. The fourth-order valence-electron chi connectivity index (χ4n) is 1.28. The summed E-state index contributed by atoms with van der Waals surface area (Å²) in [7, 11) is 0. The van der Waals surface area contributed by atoms with E-state index in [0.29, 0.717) is 6.42 Å². The highest BCUT2D eigenvalue weighted by atomic mass is 32.1. The van der Waals surface area contributed by atoms with Gasteiger partial charge in [-0.3, -0.25) is 10.1 Å². The molecule has 0 saturated carbocycles. The van der Waals surface area contributed by atoms with Crippen LogP contribution in [0.4, 0.5) is 0 Å². The summed E-state index contributed by atoms with van der Waals surface area (Å²) in [6, 6.07) is 3.99. The molecule has 1 aromatic heterocycles. The Balaban J connectivity index is 2.99. The van der Waals surface area contributed by atoms with E-state index >= 15 is 0 Å². The number of thiophene rings is 1. The minimum Gasteiger partial charge on any atom is -0.259 e. The average molecular weight is 239 g/mol. The normalized spacial score (nSPS) is 12.9. The van der Waals surface area contributed by atoms with Gasteiger partial charge in [-0.1, -0.05) is 27.7 Å². The van der Waals surface area contributed by atoms with Crippen molar-refractivity contribution in [2.24, 2.45) is 0 Å². The quantitative estimate of drug-likeness (QED) is 0.589. The lowest BCUT2D eigenvalue weighted by molar-refractivity contribution is -0.425. The van der Waals surface area contributed by atoms with E-state index in [2.05, 4.69) is 20.8 Å². The average Bonchev–Trinajstić information content (AvgIpc) is 2.61. The van der Waals surface area contributed by atoms with Crippen molar-refractivity contribution >= 4 is 17.4 Å². The zero-order chi connectivity index (χ0) is 12.3. The summed E-state index contributed by atoms with van der Waals surface area (Å²) < 4.78 is 0. The van der Waals surface area contributed by atoms with E-state index in [-0.39, 0.29) is 16.0 Å². The van der Waals surface area contributed by atoms with Gasteiger partial charge >= 0.3 is 0 Å². The maximum absolute atomic E-state index is 10.7. The summed E-state index contributed by atoms with van der Waals surface area (Å²) >= 11 is 1.62. The van der Waals surface area contributed by atoms with E-state index in [9.17, 15) is 10.1 Å². The molecular formula is C12H17NO2S. The number of hydrogen-bond donors (Lipinski definition) is 0. The van der Waals surface area contributed by atoms with Crippen LogP contribution in [0.1, 0.15) is 43.9 Å². The van der Waals surface area contributed by atoms with Crippen molar-refractivity contribution in [1.29, 1.82) is 0 Å². The van der Waals surface area contributed by atoms with Gasteiger partial charge in [-0.15, -0.1) is 11.3 Å². The lowest BCUT2D eigenvalue weighted by atomic mass is 9.95. The van der Waals surface area contributed by atoms with Gasteiger partial charge in [-0.25, -0.2) is 0 Å². The van der Waals surface area contributed by atoms with Crippen molar-refractivity contribution in [3.63, 3.8) is 0 Å². The SMILES string of the molecule is CC/C(=C/c1ccc(C(C)(C)C)s1)[N+](=O)[O-]. The number of rotatable bonds is 3. The predicted octanol–water partition coefficient (Wildman–Crippen LogP) is 4.07. The summed E-state index contributed by atoms with van der Waals surface area (Å²) in [5.74, 6) is 0. The van der Waals surface area contributed by atoms with Crippen LogP contribution < -0.4 is 0 Å². The largest absolute Gasteiger partial charge is 0.259 e. The lowest BCUT2D eigenvalue weighted by Crippen LogP contribution is -2.07. The maximum Gasteiger partial charge on any atom is 0.247 e. The maximum atomic E-state index is 10.7. The molecule has 0 fully saturated rings. The van der Waals surface area contributed by atoms with Crippen LogP contribution in [0, 0.1) is 10.1 Å². The van der Waals surface area contributed by atoms with Crippen molar-refractivity contribution in [3.8, 4) is 0 Å². The molecule has 88 valence electrons. The van der Waals surface area contributed by atoms with Gasteiger partial charge in [0.1, 0.15) is 0 Å². The summed E-state index contributed by atoms with van der Waals surface area (Å²) in [6.07, 6.45) is 2.12. The second-order valence-corrected chi connectivity index (χ2v) is 5.81. The molecular weight excluding hydrogens is 222 g/mol. The minimum atomic E-state index is -0.309. The molecule has 0 amide bonds. The van der Waals surface area contributed by atoms with E-state index in [1.165, 1.54) is 4.88 Å². The minimum absolute atomic E-state index is 0.109. The van der Waals surface area contributed by atoms with E-state index in [1.54, 1.807) is 24.3 Å². The third-order valence-corrected chi connectivity index (χ3v) is 3.73. The highest BCUT2D eigenvalue weighted by Gasteiger charge is 2.16. The Labute approximate surface area is 100.0 Å². The van der Waals surface area contributed by atoms with E-state index < -0.39 is 0 Å². The Morgan fingerprint density at radius 3 is 2.50 bits per heavy atom. The van der Waals surface area contributed by atoms with Crippen LogP contribution >= 0.6 is 11.3 Å². The van der Waals surface area contributed by atoms with E-state index in [4.69, 9.17) is 0 Å². The molecule has 3 nitrogen and oxygen atoms in total. The van der Waals surface area contributed by atoms with Gasteiger partial charge in [0.2, 0.25) is 5.70 Å². The fraction of sp³-hybridized carbons (Fsp3) is 0.500. The standard InChI is InChI=1S/C12H17NO2S/c1-5-9(13(14)15)8-10-6-7-11(16-10)12(2,3)4/h6-8H,5H2,1-4H3/b9-8-. The summed E-state index contributed by atoms with van der Waals surface area (Å²) in [5.41, 5.74) is 0.375. The molecule has 0 aliphatic rings. The Morgan fingerprint density at radius 2 is 2.12 bits per heavy atom. The molecule has 0 unspecified atom stereocenters. The van der Waals surface area contributed by atoms with Gasteiger partial charge in [0, 0.05) is 22.3 Å². The van der Waals surface area contributed by atoms with Crippen LogP contribution in [0.25, 0.3) is 6.08 Å². The number of nitro groups is 1. The second-order valence-electron chi connectivity index (χ2n) is 4.70. The third kappa shape index (κ3) is 3.17. The molecule has 0 aromatic carbocycles. The molecule has 0 N–H and O–H groups in total. The molecule has 0 radical (unpaired) electrons. The number of nitrogens with zero attached hydrogens (tertiary/aromatic N) is 1. The summed E-state index contributed by atoms with van der Waals surface area (Å²) in [4.78, 5) is 12.6. The van der Waals surface area contributed by atoms with Gasteiger partial charge < -0.3 is 0 Å². The fourth-order valence-corrected chi connectivity index (χ4v) is 2.31. The van der Waals surface area contributed by atoms with Gasteiger partial charge in [0.05, 0.1) is 4.92 Å². The Morgan fingerprint density at radius 1 is 1.50 bits per heavy atom. The third-order valence-electron chi connectivity index (χ3n) is 2.27. The van der Waals surface area contributed by atoms with Gasteiger partial charge in [-0.2, -0.15) is 0 Å². The molecule has 0 spiro atoms. The van der Waals surface area contributed by atoms with Crippen LogP contribution in [-0.2, 0) is 5.41 Å². The lowest BCUT2D eigenvalue weighted by Gasteiger charge is -2.15. The number of hydrogen-bond acceptors (Lipinski definition) is 3. The van der Waals surface area contributed by atoms with Crippen molar-refractivity contribution in [2.75, 3.05) is 0 Å². The van der Waals surface area contributed by atoms with Crippen molar-refractivity contribution in [1.82, 2.24) is 0 Å². The molecule has 0 aliphatic carbocycles. The highest BCUT2D eigenvalue weighted by molar-refractivity contribution is 7.13. The topological polar surface area (TPSA) is 43.1 Å². The summed E-state index contributed by atoms with van der Waals surface area (Å²) in [5, 5.41) is 10.7. The van der Waals surface area contributed by atoms with Gasteiger partial charge in [-0.05, 0) is 17.5 Å². The van der Waals surface area contributed by atoms with Crippen LogP contribution in [0.3, 0.4) is 0 Å². The number of allylic oxidation sites excluding steroid dienone is 1. The van der Waals surface area contributed by atoms with Crippen LogP contribution in [0.5, 0.6) is 0 Å². The molecule has 0 aliphatic heterocycles. The molecule has 4 heteroatoms. The van der Waals surface area contributed by atoms with Crippen LogP contribution in [0.2, 0.25) is 0 Å². The molecule has 1 rings (SSSR count). The van der Waals surface area contributed by atoms with E-state index in [0.717, 1.165) is 4.88 Å². The molecule has 1 heterocycles. The van der Waals surface area contributed by atoms with Crippen molar-refractivity contribution < 1.29 is 4.92 Å². The zero-order valence-electron chi connectivity index (χ0n) is 10.1. The Bertz CT molecular complexity index is 413. The Hall–Kier alpha value is -1.16. The first-order valence-electron chi connectivity index (χ1n) is 5.30. The predicted molar refractivity (Wildman–Crippen MR) is 68.3 cm³/mol. The molecule has 0 atom stereocenters. The molecule has 0 saturated heterocycles. The first-order chi connectivity index (χ1) is 7.34. The first kappa shape index (κ1) is 12.9. The monoisotopic (exact) mass is 239 g/mol. The summed E-state index contributed by atoms with van der Waals surface area (Å²) in [6.45, 7) is 8.22. The molecule has 16 heavy (non-hydrogen) atoms. The van der Waals surface area contributed by atoms with E-state index in [1.807, 2.05) is 12.1 Å². The van der Waals surface area contributed by atoms with Gasteiger partial charge in [0.25, 0.3) is 0 Å². The first-order valence-corrected chi connectivity index (χ1v) is 6.11. The second kappa shape index (κ2) is 4.78. The van der Waals surface area contributed by atoms with Crippen LogP contribution in [-0.4, -0.2) is 4.92 Å². The molecule has 0 bridgehead atoms. The molecule has 1 aromatic rings. The zero-order valence-corrected chi connectivity index (χ0v) is 10.9. The Kier molecular flexibility index (Phi) is 3.86. The van der Waals surface area contributed by atoms with Crippen LogP contribution in [0.15, 0.2) is 17.8 Å². The smallest absolute Gasteiger partial charge is 0.247 e. The van der Waals surface area contributed by atoms with Gasteiger partial charge in [0.15, 0.2) is 0 Å².